The van der Waals surface area contributed by atoms with Crippen molar-refractivity contribution in [2.24, 2.45) is 0 Å². The first-order valence-corrected chi connectivity index (χ1v) is 9.42. The van der Waals surface area contributed by atoms with E-state index in [2.05, 4.69) is 47.2 Å². The Kier molecular flexibility index (Phi) is 4.17. The molecule has 0 bridgehead atoms. The number of hydrogen-bond acceptors (Lipinski definition) is 4. The molecule has 2 aliphatic rings. The Labute approximate surface area is 144 Å². The highest BCUT2D eigenvalue weighted by Crippen LogP contribution is 2.34. The van der Waals surface area contributed by atoms with E-state index < -0.39 is 0 Å². The summed E-state index contributed by atoms with van der Waals surface area (Å²) in [6.07, 6.45) is 8.40. The third-order valence-electron chi connectivity index (χ3n) is 5.79. The molecule has 4 nitrogen and oxygen atoms in total. The molecule has 0 unspecified atom stereocenters. The zero-order chi connectivity index (χ0) is 16.6. The van der Waals surface area contributed by atoms with Crippen LogP contribution in [0, 0.1) is 0 Å². The Morgan fingerprint density at radius 3 is 2.75 bits per heavy atom. The third-order valence-corrected chi connectivity index (χ3v) is 5.79. The van der Waals surface area contributed by atoms with Gasteiger partial charge in [0.2, 0.25) is 0 Å². The van der Waals surface area contributed by atoms with Crippen LogP contribution < -0.4 is 10.2 Å². The number of rotatable bonds is 2. The SMILES string of the molecule is CC(C)c1ccc2ncnc(N3CCNC4(CCCCC4)C3)c2c1. The summed E-state index contributed by atoms with van der Waals surface area (Å²) in [5.41, 5.74) is 2.71. The number of hydrogen-bond donors (Lipinski definition) is 1. The van der Waals surface area contributed by atoms with Crippen LogP contribution >= 0.6 is 0 Å². The molecule has 128 valence electrons. The molecule has 4 heteroatoms. The van der Waals surface area contributed by atoms with Gasteiger partial charge in [-0.25, -0.2) is 9.97 Å². The van der Waals surface area contributed by atoms with E-state index in [-0.39, 0.29) is 0 Å². The second-order valence-corrected chi connectivity index (χ2v) is 7.82. The van der Waals surface area contributed by atoms with E-state index in [4.69, 9.17) is 4.98 Å². The summed E-state index contributed by atoms with van der Waals surface area (Å²) >= 11 is 0. The Balaban J connectivity index is 1.71. The summed E-state index contributed by atoms with van der Waals surface area (Å²) in [7, 11) is 0. The highest BCUT2D eigenvalue weighted by atomic mass is 15.3. The van der Waals surface area contributed by atoms with Crippen molar-refractivity contribution in [3.8, 4) is 0 Å². The number of piperazine rings is 1. The van der Waals surface area contributed by atoms with E-state index in [0.717, 1.165) is 31.0 Å². The summed E-state index contributed by atoms with van der Waals surface area (Å²) in [4.78, 5) is 11.7. The van der Waals surface area contributed by atoms with Crippen LogP contribution in [0.4, 0.5) is 5.82 Å². The monoisotopic (exact) mass is 324 g/mol. The van der Waals surface area contributed by atoms with Gasteiger partial charge in [0.1, 0.15) is 12.1 Å². The lowest BCUT2D eigenvalue weighted by Gasteiger charge is -2.46. The summed E-state index contributed by atoms with van der Waals surface area (Å²) in [5, 5.41) is 5.03. The van der Waals surface area contributed by atoms with Crippen molar-refractivity contribution in [3.63, 3.8) is 0 Å². The first kappa shape index (κ1) is 15.8. The van der Waals surface area contributed by atoms with Gasteiger partial charge in [0.05, 0.1) is 5.52 Å². The van der Waals surface area contributed by atoms with Crippen LogP contribution in [0.15, 0.2) is 24.5 Å². The van der Waals surface area contributed by atoms with Crippen LogP contribution in [0.1, 0.15) is 57.4 Å². The zero-order valence-electron chi connectivity index (χ0n) is 14.9. The molecule has 0 radical (unpaired) electrons. The smallest absolute Gasteiger partial charge is 0.139 e. The maximum atomic E-state index is 4.70. The minimum absolute atomic E-state index is 0.295. The quantitative estimate of drug-likeness (QED) is 0.910. The largest absolute Gasteiger partial charge is 0.353 e. The molecule has 1 aromatic carbocycles. The maximum absolute atomic E-state index is 4.70. The molecule has 1 saturated carbocycles. The van der Waals surface area contributed by atoms with Crippen LogP contribution in [0.5, 0.6) is 0 Å². The van der Waals surface area contributed by atoms with Crippen LogP contribution in [-0.4, -0.2) is 35.1 Å². The van der Waals surface area contributed by atoms with E-state index in [9.17, 15) is 0 Å². The minimum atomic E-state index is 0.295. The van der Waals surface area contributed by atoms with Crippen molar-refractivity contribution < 1.29 is 0 Å². The molecule has 1 saturated heterocycles. The molecule has 0 atom stereocenters. The molecular formula is C20H28N4. The van der Waals surface area contributed by atoms with E-state index >= 15 is 0 Å². The van der Waals surface area contributed by atoms with Crippen molar-refractivity contribution in [3.05, 3.63) is 30.1 Å². The molecule has 24 heavy (non-hydrogen) atoms. The number of aromatic nitrogens is 2. The lowest BCUT2D eigenvalue weighted by atomic mass is 9.80. The molecule has 1 N–H and O–H groups in total. The van der Waals surface area contributed by atoms with Crippen molar-refractivity contribution >= 4 is 16.7 Å². The Hall–Kier alpha value is -1.68. The van der Waals surface area contributed by atoms with Crippen molar-refractivity contribution in [1.82, 2.24) is 15.3 Å². The fraction of sp³-hybridized carbons (Fsp3) is 0.600. The number of benzene rings is 1. The molecule has 1 aliphatic carbocycles. The minimum Gasteiger partial charge on any atom is -0.353 e. The Morgan fingerprint density at radius 1 is 1.12 bits per heavy atom. The number of fused-ring (bicyclic) bond motifs is 1. The van der Waals surface area contributed by atoms with Crippen LogP contribution in [-0.2, 0) is 0 Å². The molecular weight excluding hydrogens is 296 g/mol. The fourth-order valence-electron chi connectivity index (χ4n) is 4.37. The van der Waals surface area contributed by atoms with Gasteiger partial charge in [0, 0.05) is 30.6 Å². The molecule has 2 aromatic rings. The zero-order valence-corrected chi connectivity index (χ0v) is 14.9. The molecule has 1 spiro atoms. The lowest BCUT2D eigenvalue weighted by molar-refractivity contribution is 0.216. The van der Waals surface area contributed by atoms with E-state index in [1.807, 2.05) is 0 Å². The summed E-state index contributed by atoms with van der Waals surface area (Å²) in [6, 6.07) is 6.64. The van der Waals surface area contributed by atoms with Crippen LogP contribution in [0.25, 0.3) is 10.9 Å². The summed E-state index contributed by atoms with van der Waals surface area (Å²) < 4.78 is 0. The van der Waals surface area contributed by atoms with E-state index in [1.165, 1.54) is 43.1 Å². The average Bonchev–Trinajstić information content (AvgIpc) is 2.61. The van der Waals surface area contributed by atoms with Gasteiger partial charge in [0.25, 0.3) is 0 Å². The molecule has 2 fully saturated rings. The van der Waals surface area contributed by atoms with Gasteiger partial charge in [-0.2, -0.15) is 0 Å². The highest BCUT2D eigenvalue weighted by molar-refractivity contribution is 5.90. The highest BCUT2D eigenvalue weighted by Gasteiger charge is 2.36. The van der Waals surface area contributed by atoms with E-state index in [0.29, 0.717) is 11.5 Å². The standard InChI is InChI=1S/C20H28N4/c1-15(2)16-6-7-18-17(12-16)19(22-14-21-18)24-11-10-23-20(13-24)8-4-3-5-9-20/h6-7,12,14-15,23H,3-5,8-11,13H2,1-2H3. The van der Waals surface area contributed by atoms with Gasteiger partial charge in [-0.1, -0.05) is 39.2 Å². The van der Waals surface area contributed by atoms with Crippen molar-refractivity contribution in [2.45, 2.75) is 57.4 Å². The summed E-state index contributed by atoms with van der Waals surface area (Å²) in [6.45, 7) is 7.64. The normalized spacial score (nSPS) is 20.9. The lowest BCUT2D eigenvalue weighted by Crippen LogP contribution is -2.61. The van der Waals surface area contributed by atoms with Gasteiger partial charge in [-0.15, -0.1) is 0 Å². The van der Waals surface area contributed by atoms with Gasteiger partial charge >= 0.3 is 0 Å². The van der Waals surface area contributed by atoms with Crippen molar-refractivity contribution in [1.29, 1.82) is 0 Å². The first-order valence-electron chi connectivity index (χ1n) is 9.42. The Bertz CT molecular complexity index is 713. The second kappa shape index (κ2) is 6.32. The topological polar surface area (TPSA) is 41.1 Å². The maximum Gasteiger partial charge on any atom is 0.139 e. The molecule has 2 heterocycles. The third kappa shape index (κ3) is 2.88. The van der Waals surface area contributed by atoms with Gasteiger partial charge in [-0.3, -0.25) is 0 Å². The number of nitrogens with zero attached hydrogens (tertiary/aromatic N) is 3. The van der Waals surface area contributed by atoms with Crippen molar-refractivity contribution in [2.75, 3.05) is 24.5 Å². The average molecular weight is 324 g/mol. The number of nitrogens with one attached hydrogen (secondary N) is 1. The van der Waals surface area contributed by atoms with E-state index in [1.54, 1.807) is 6.33 Å². The van der Waals surface area contributed by atoms with Gasteiger partial charge < -0.3 is 10.2 Å². The fourth-order valence-corrected chi connectivity index (χ4v) is 4.37. The first-order chi connectivity index (χ1) is 11.7. The predicted octanol–water partition coefficient (Wildman–Crippen LogP) is 3.87. The van der Waals surface area contributed by atoms with Crippen LogP contribution in [0.2, 0.25) is 0 Å². The number of anilines is 1. The van der Waals surface area contributed by atoms with Gasteiger partial charge in [-0.05, 0) is 36.5 Å². The second-order valence-electron chi connectivity index (χ2n) is 7.82. The summed E-state index contributed by atoms with van der Waals surface area (Å²) in [5.74, 6) is 1.64. The molecule has 1 aliphatic heterocycles. The van der Waals surface area contributed by atoms with Gasteiger partial charge in [0.15, 0.2) is 0 Å². The molecule has 1 aromatic heterocycles. The molecule has 0 amide bonds. The molecule has 4 rings (SSSR count). The predicted molar refractivity (Wildman–Crippen MR) is 99.7 cm³/mol. The Morgan fingerprint density at radius 2 is 1.96 bits per heavy atom. The van der Waals surface area contributed by atoms with Crippen LogP contribution in [0.3, 0.4) is 0 Å².